The smallest absolute Gasteiger partial charge is 0.326 e. The summed E-state index contributed by atoms with van der Waals surface area (Å²) in [6.07, 6.45) is -1.27. The highest BCUT2D eigenvalue weighted by molar-refractivity contribution is 5.99. The van der Waals surface area contributed by atoms with Crippen molar-refractivity contribution < 1.29 is 68.4 Å². The molecule has 4 heterocycles. The lowest BCUT2D eigenvalue weighted by Crippen LogP contribution is -2.65. The Labute approximate surface area is 392 Å². The average Bonchev–Trinajstić information content (AvgIpc) is 4.07. The summed E-state index contributed by atoms with van der Waals surface area (Å²) < 4.78 is 0. The molecule has 0 bridgehead atoms. The topological polar surface area (TPSA) is 429 Å². The first-order chi connectivity index (χ1) is 32.1. The zero-order chi connectivity index (χ0) is 50.6. The van der Waals surface area contributed by atoms with Crippen LogP contribution >= 0.6 is 0 Å². The molecule has 0 saturated carbocycles. The van der Waals surface area contributed by atoms with Crippen molar-refractivity contribution in [2.45, 2.75) is 151 Å². The third-order valence-corrected chi connectivity index (χ3v) is 12.6. The molecule has 4 aliphatic rings. The first kappa shape index (κ1) is 54.4. The van der Waals surface area contributed by atoms with Crippen LogP contribution < -0.4 is 44.2 Å². The molecule has 16 N–H and O–H groups in total. The molecule has 0 spiro atoms. The molecular weight excluding hydrogens is 899 g/mol. The number of aliphatic hydroxyl groups excluding tert-OH is 3. The number of carbonyl (C=O) groups is 10. The van der Waals surface area contributed by atoms with Crippen LogP contribution in [-0.4, -0.2) is 211 Å². The number of carbonyl (C=O) groups excluding carboxylic acids is 9. The third kappa shape index (κ3) is 13.7. The van der Waals surface area contributed by atoms with Gasteiger partial charge < -0.3 is 84.2 Å². The van der Waals surface area contributed by atoms with E-state index in [9.17, 15) is 68.4 Å². The van der Waals surface area contributed by atoms with E-state index in [-0.39, 0.29) is 90.0 Å². The second-order valence-electron chi connectivity index (χ2n) is 17.6. The molecule has 27 heteroatoms. The molecule has 11 atom stereocenters. The van der Waals surface area contributed by atoms with Gasteiger partial charge in [-0.1, -0.05) is 0 Å². The van der Waals surface area contributed by atoms with Crippen LogP contribution in [0.4, 0.5) is 0 Å². The molecule has 0 aromatic carbocycles. The zero-order valence-electron chi connectivity index (χ0n) is 38.3. The molecule has 1 unspecified atom stereocenters. The molecule has 27 nitrogen and oxygen atoms in total. The Bertz CT molecular complexity index is 1930. The first-order valence-electron chi connectivity index (χ1n) is 22.8. The van der Waals surface area contributed by atoms with Crippen molar-refractivity contribution in [3.8, 4) is 0 Å². The lowest BCUT2D eigenvalue weighted by Gasteiger charge is -2.42. The number of nitrogens with two attached hydrogens (primary N) is 4. The summed E-state index contributed by atoms with van der Waals surface area (Å²) >= 11 is 0. The lowest BCUT2D eigenvalue weighted by molar-refractivity contribution is -0.152. The van der Waals surface area contributed by atoms with Crippen LogP contribution in [0.1, 0.15) is 84.5 Å². The quantitative estimate of drug-likeness (QED) is 0.0257. The van der Waals surface area contributed by atoms with Crippen molar-refractivity contribution >= 4 is 65.1 Å². The van der Waals surface area contributed by atoms with Crippen molar-refractivity contribution in [2.24, 2.45) is 27.9 Å². The highest BCUT2D eigenvalue weighted by Crippen LogP contribution is 2.29. The largest absolute Gasteiger partial charge is 0.480 e. The van der Waals surface area contributed by atoms with E-state index in [1.165, 1.54) is 33.4 Å². The third-order valence-electron chi connectivity index (χ3n) is 12.6. The SMILES string of the molecule is C[C@@H](O)[C@H](N)C(=O)N1CCC1C(=O)N[C@@H](CCCN=C(N)N)C(=O)N[C@H](C(=O)N1CCC[C@H]1C(=O)N1CCC[C@H]1C(=O)N1CCC[C@H]1C(=O)N[C@@H](CO)C(=O)N[C@@H](CCC(N)=O)C(=O)O)[C@@H](C)O. The van der Waals surface area contributed by atoms with Crippen molar-refractivity contribution in [3.05, 3.63) is 0 Å². The number of hydrogen-bond donors (Lipinski definition) is 12. The number of aliphatic imine (C=N–C) groups is 1. The molecule has 68 heavy (non-hydrogen) atoms. The standard InChI is InChI=1S/C41H67N13O14/c1-20(56)30(43)38(65)54-18-13-26(54)35(62)47-22(7-3-14-46-41(44)45)32(59)50-31(21(2)57)39(66)53-17-6-10-28(53)37(64)52-16-5-9-27(52)36(63)51-15-4-8-25(51)34(61)49-24(19-55)33(60)48-23(40(67)68)11-12-29(42)58/h20-28,30-31,55-57H,3-19,43H2,1-2H3,(H2,42,58)(H,47,62)(H,48,60)(H,49,61)(H,50,59)(H,67,68)(H4,44,45,46)/t20-,21-,22+,23+,24+,25+,26?,27+,28+,30+,31+/m1/s1. The summed E-state index contributed by atoms with van der Waals surface area (Å²) in [5.41, 5.74) is 21.8. The van der Waals surface area contributed by atoms with Crippen molar-refractivity contribution in [1.82, 2.24) is 40.9 Å². The number of carboxylic acids is 1. The highest BCUT2D eigenvalue weighted by atomic mass is 16.4. The van der Waals surface area contributed by atoms with E-state index in [4.69, 9.17) is 22.9 Å². The van der Waals surface area contributed by atoms with E-state index in [1.54, 1.807) is 0 Å². The van der Waals surface area contributed by atoms with E-state index in [1.807, 2.05) is 0 Å². The number of nitrogens with zero attached hydrogens (tertiary/aromatic N) is 5. The van der Waals surface area contributed by atoms with Gasteiger partial charge in [0.1, 0.15) is 54.4 Å². The maximum atomic E-state index is 14.3. The monoisotopic (exact) mass is 965 g/mol. The summed E-state index contributed by atoms with van der Waals surface area (Å²) in [5, 5.41) is 49.8. The second kappa shape index (κ2) is 24.7. The number of rotatable bonds is 23. The molecule has 0 radical (unpaired) electrons. The number of aliphatic hydroxyl groups is 3. The Balaban J connectivity index is 1.44. The van der Waals surface area contributed by atoms with E-state index in [2.05, 4.69) is 26.3 Å². The Morgan fingerprint density at radius 1 is 0.618 bits per heavy atom. The second-order valence-corrected chi connectivity index (χ2v) is 17.6. The van der Waals surface area contributed by atoms with E-state index >= 15 is 0 Å². The van der Waals surface area contributed by atoms with E-state index in [0.717, 1.165) is 0 Å². The van der Waals surface area contributed by atoms with Gasteiger partial charge in [-0.25, -0.2) is 4.79 Å². The van der Waals surface area contributed by atoms with Crippen molar-refractivity contribution in [2.75, 3.05) is 39.3 Å². The summed E-state index contributed by atoms with van der Waals surface area (Å²) in [6, 6.07) is -11.6. The van der Waals surface area contributed by atoms with Crippen LogP contribution in [0.15, 0.2) is 4.99 Å². The minimum atomic E-state index is -1.61. The fraction of sp³-hybridized carbons (Fsp3) is 0.732. The van der Waals surface area contributed by atoms with Gasteiger partial charge >= 0.3 is 5.97 Å². The molecule has 0 aliphatic carbocycles. The van der Waals surface area contributed by atoms with Gasteiger partial charge in [0.05, 0.1) is 18.8 Å². The van der Waals surface area contributed by atoms with E-state index in [0.29, 0.717) is 19.3 Å². The van der Waals surface area contributed by atoms with Crippen LogP contribution in [0, 0.1) is 0 Å². The fourth-order valence-electron chi connectivity index (χ4n) is 8.72. The average molecular weight is 966 g/mol. The number of aliphatic carboxylic acids is 1. The summed E-state index contributed by atoms with van der Waals surface area (Å²) in [5.74, 6) is -8.50. The lowest BCUT2D eigenvalue weighted by atomic mass is 9.98. The summed E-state index contributed by atoms with van der Waals surface area (Å²) in [4.78, 5) is 141. The minimum absolute atomic E-state index is 0.0398. The highest BCUT2D eigenvalue weighted by Gasteiger charge is 2.48. The molecule has 380 valence electrons. The van der Waals surface area contributed by atoms with Gasteiger partial charge in [0.25, 0.3) is 0 Å². The van der Waals surface area contributed by atoms with Crippen LogP contribution in [0.5, 0.6) is 0 Å². The molecule has 0 aromatic heterocycles. The number of amides is 9. The number of carboxylic acid groups (broad SMARTS) is 1. The summed E-state index contributed by atoms with van der Waals surface area (Å²) in [7, 11) is 0. The Kier molecular flexibility index (Phi) is 19.8. The predicted molar refractivity (Wildman–Crippen MR) is 236 cm³/mol. The van der Waals surface area contributed by atoms with Gasteiger partial charge in [0.15, 0.2) is 5.96 Å². The van der Waals surface area contributed by atoms with Crippen LogP contribution in [0.25, 0.3) is 0 Å². The molecule has 0 aromatic rings. The zero-order valence-corrected chi connectivity index (χ0v) is 38.3. The maximum absolute atomic E-state index is 14.3. The number of primary amides is 1. The first-order valence-corrected chi connectivity index (χ1v) is 22.8. The van der Waals surface area contributed by atoms with Gasteiger partial charge in [-0.15, -0.1) is 0 Å². The molecule has 4 saturated heterocycles. The normalized spacial score (nSPS) is 23.1. The number of likely N-dealkylation sites (tertiary alicyclic amines) is 4. The van der Waals surface area contributed by atoms with Crippen molar-refractivity contribution in [3.63, 3.8) is 0 Å². The fourth-order valence-corrected chi connectivity index (χ4v) is 8.72. The van der Waals surface area contributed by atoms with Crippen LogP contribution in [-0.2, 0) is 47.9 Å². The Morgan fingerprint density at radius 3 is 1.62 bits per heavy atom. The number of nitrogens with one attached hydrogen (secondary N) is 4. The summed E-state index contributed by atoms with van der Waals surface area (Å²) in [6.45, 7) is 2.24. The predicted octanol–water partition coefficient (Wildman–Crippen LogP) is -7.02. The number of guanidine groups is 1. The van der Waals surface area contributed by atoms with Gasteiger partial charge in [-0.05, 0) is 78.1 Å². The van der Waals surface area contributed by atoms with Crippen molar-refractivity contribution in [1.29, 1.82) is 0 Å². The van der Waals surface area contributed by atoms with Gasteiger partial charge in [-0.2, -0.15) is 0 Å². The molecule has 4 aliphatic heterocycles. The van der Waals surface area contributed by atoms with Gasteiger partial charge in [-0.3, -0.25) is 48.1 Å². The number of hydrogen-bond acceptors (Lipinski definition) is 15. The van der Waals surface area contributed by atoms with Crippen LogP contribution in [0.2, 0.25) is 0 Å². The Morgan fingerprint density at radius 2 is 1.12 bits per heavy atom. The molecule has 9 amide bonds. The Hall–Kier alpha value is -6.19. The minimum Gasteiger partial charge on any atom is -0.480 e. The molecule has 4 rings (SSSR count). The molecular formula is C41H67N13O14. The van der Waals surface area contributed by atoms with Gasteiger partial charge in [0, 0.05) is 39.1 Å². The van der Waals surface area contributed by atoms with Gasteiger partial charge in [0.2, 0.25) is 53.2 Å². The van der Waals surface area contributed by atoms with E-state index < -0.39 is 132 Å². The van der Waals surface area contributed by atoms with Crippen LogP contribution in [0.3, 0.4) is 0 Å². The maximum Gasteiger partial charge on any atom is 0.326 e. The molecule has 4 fully saturated rings.